The lowest BCUT2D eigenvalue weighted by Crippen LogP contribution is -2.40. The summed E-state index contributed by atoms with van der Waals surface area (Å²) >= 11 is 0. The summed E-state index contributed by atoms with van der Waals surface area (Å²) < 4.78 is 7.29. The molecule has 5 rings (SSSR count). The van der Waals surface area contributed by atoms with Crippen LogP contribution in [0.25, 0.3) is 5.69 Å². The molecule has 8 nitrogen and oxygen atoms in total. The van der Waals surface area contributed by atoms with Crippen LogP contribution in [0.2, 0.25) is 0 Å². The fraction of sp³-hybridized carbons (Fsp3) is 0.267. The van der Waals surface area contributed by atoms with Crippen LogP contribution in [-0.4, -0.2) is 44.3 Å². The summed E-state index contributed by atoms with van der Waals surface area (Å²) in [6.07, 6.45) is 1.86. The van der Waals surface area contributed by atoms with Gasteiger partial charge in [-0.1, -0.05) is 78.9 Å². The Morgan fingerprint density at radius 2 is 1.58 bits per heavy atom. The number of aromatic nitrogens is 2. The minimum atomic E-state index is -1.09. The van der Waals surface area contributed by atoms with Gasteiger partial charge in [0.25, 0.3) is 0 Å². The zero-order valence-electron chi connectivity index (χ0n) is 21.4. The Kier molecular flexibility index (Phi) is 7.33. The molecule has 2 heterocycles. The SMILES string of the molecule is CCOC(=O)[C@@H]1[C@H](c2ccccc2)[C@H]([N+](=O)[O-])[C@H](c2cn(-c3ccccc3)nc2C)N1Cc1ccccc1. The molecular formula is C30H30N4O4. The number of hydrogen-bond donors (Lipinski definition) is 0. The normalized spacial score (nSPS) is 21.3. The Morgan fingerprint density at radius 1 is 0.974 bits per heavy atom. The van der Waals surface area contributed by atoms with E-state index >= 15 is 0 Å². The number of likely N-dealkylation sites (tertiary alicyclic amines) is 1. The number of carbonyl (C=O) groups is 1. The second kappa shape index (κ2) is 11.0. The van der Waals surface area contributed by atoms with Gasteiger partial charge in [0, 0.05) is 23.2 Å². The highest BCUT2D eigenvalue weighted by molar-refractivity contribution is 5.78. The number of nitro groups is 1. The number of esters is 1. The molecule has 0 N–H and O–H groups in total. The van der Waals surface area contributed by atoms with Crippen LogP contribution in [0.4, 0.5) is 0 Å². The number of hydrogen-bond acceptors (Lipinski definition) is 6. The first-order valence-electron chi connectivity index (χ1n) is 12.8. The van der Waals surface area contributed by atoms with Gasteiger partial charge in [-0.3, -0.25) is 19.8 Å². The second-order valence-electron chi connectivity index (χ2n) is 9.46. The van der Waals surface area contributed by atoms with Crippen LogP contribution in [0.5, 0.6) is 0 Å². The molecule has 3 aromatic carbocycles. The maximum Gasteiger partial charge on any atom is 0.324 e. The second-order valence-corrected chi connectivity index (χ2v) is 9.46. The van der Waals surface area contributed by atoms with Crippen molar-refractivity contribution in [3.05, 3.63) is 130 Å². The van der Waals surface area contributed by atoms with Crippen LogP contribution in [0.1, 0.15) is 41.3 Å². The number of benzene rings is 3. The molecule has 1 saturated heterocycles. The van der Waals surface area contributed by atoms with E-state index in [1.54, 1.807) is 11.6 Å². The maximum atomic E-state index is 13.6. The molecular weight excluding hydrogens is 480 g/mol. The van der Waals surface area contributed by atoms with Crippen molar-refractivity contribution in [3.63, 3.8) is 0 Å². The Morgan fingerprint density at radius 3 is 2.18 bits per heavy atom. The number of rotatable bonds is 8. The Balaban J connectivity index is 1.70. The van der Waals surface area contributed by atoms with Gasteiger partial charge in [-0.25, -0.2) is 4.68 Å². The summed E-state index contributed by atoms with van der Waals surface area (Å²) in [7, 11) is 0. The van der Waals surface area contributed by atoms with Gasteiger partial charge < -0.3 is 4.74 Å². The van der Waals surface area contributed by atoms with E-state index in [1.165, 1.54) is 0 Å². The minimum Gasteiger partial charge on any atom is -0.465 e. The molecule has 38 heavy (non-hydrogen) atoms. The number of carbonyl (C=O) groups excluding carboxylic acids is 1. The topological polar surface area (TPSA) is 90.5 Å². The molecule has 0 aliphatic carbocycles. The van der Waals surface area contributed by atoms with E-state index in [0.717, 1.165) is 22.4 Å². The zero-order chi connectivity index (χ0) is 26.6. The molecule has 1 fully saturated rings. The molecule has 0 unspecified atom stereocenters. The van der Waals surface area contributed by atoms with Gasteiger partial charge in [-0.05, 0) is 37.1 Å². The van der Waals surface area contributed by atoms with Gasteiger partial charge in [0.05, 0.1) is 23.9 Å². The van der Waals surface area contributed by atoms with E-state index in [4.69, 9.17) is 9.84 Å². The highest BCUT2D eigenvalue weighted by Crippen LogP contribution is 2.48. The van der Waals surface area contributed by atoms with Gasteiger partial charge in [-0.2, -0.15) is 5.10 Å². The van der Waals surface area contributed by atoms with Crippen molar-refractivity contribution in [2.24, 2.45) is 0 Å². The number of ether oxygens (including phenoxy) is 1. The van der Waals surface area contributed by atoms with Crippen molar-refractivity contribution in [1.29, 1.82) is 0 Å². The van der Waals surface area contributed by atoms with Crippen LogP contribution in [-0.2, 0) is 16.1 Å². The summed E-state index contributed by atoms with van der Waals surface area (Å²) in [4.78, 5) is 28.2. The molecule has 1 aliphatic rings. The molecule has 4 atom stereocenters. The molecule has 8 heteroatoms. The molecule has 0 saturated carbocycles. The summed E-state index contributed by atoms with van der Waals surface area (Å²) in [6, 6.07) is 26.0. The van der Waals surface area contributed by atoms with Crippen LogP contribution in [0.15, 0.2) is 97.2 Å². The molecule has 1 aliphatic heterocycles. The van der Waals surface area contributed by atoms with Crippen LogP contribution < -0.4 is 0 Å². The average Bonchev–Trinajstić information content (AvgIpc) is 3.48. The van der Waals surface area contributed by atoms with Crippen molar-refractivity contribution in [2.75, 3.05) is 6.61 Å². The molecule has 0 amide bonds. The van der Waals surface area contributed by atoms with E-state index in [9.17, 15) is 14.9 Å². The predicted molar refractivity (Wildman–Crippen MR) is 143 cm³/mol. The van der Waals surface area contributed by atoms with Gasteiger partial charge in [-0.15, -0.1) is 0 Å². The van der Waals surface area contributed by atoms with Gasteiger partial charge >= 0.3 is 5.97 Å². The molecule has 4 aromatic rings. The fourth-order valence-corrected chi connectivity index (χ4v) is 5.60. The lowest BCUT2D eigenvalue weighted by molar-refractivity contribution is -0.529. The molecule has 0 spiro atoms. The molecule has 194 valence electrons. The van der Waals surface area contributed by atoms with Crippen LogP contribution in [0.3, 0.4) is 0 Å². The highest BCUT2D eigenvalue weighted by Gasteiger charge is 2.60. The first-order valence-corrected chi connectivity index (χ1v) is 12.8. The maximum absolute atomic E-state index is 13.6. The first-order chi connectivity index (χ1) is 18.5. The van der Waals surface area contributed by atoms with E-state index in [2.05, 4.69) is 0 Å². The Hall–Kier alpha value is -4.30. The van der Waals surface area contributed by atoms with E-state index in [0.29, 0.717) is 12.2 Å². The predicted octanol–water partition coefficient (Wildman–Crippen LogP) is 5.10. The number of aryl methyl sites for hydroxylation is 1. The fourth-order valence-electron chi connectivity index (χ4n) is 5.60. The third kappa shape index (κ3) is 4.82. The largest absolute Gasteiger partial charge is 0.465 e. The molecule has 0 bridgehead atoms. The summed E-state index contributed by atoms with van der Waals surface area (Å²) in [5.41, 5.74) is 3.95. The standard InChI is InChI=1S/C30H30N4O4/c1-3-38-30(35)29-26(23-15-9-5-10-16-23)28(34(36)37)27(32(29)19-22-13-7-4-8-14-22)25-20-33(31-21(25)2)24-17-11-6-12-18-24/h4-18,20,26-29H,3,19H2,1-2H3/t26-,27+,28+,29+/m1/s1. The van der Waals surface area contributed by atoms with Crippen LogP contribution >= 0.6 is 0 Å². The number of nitrogens with zero attached hydrogens (tertiary/aromatic N) is 4. The number of para-hydroxylation sites is 1. The van der Waals surface area contributed by atoms with Crippen molar-refractivity contribution >= 4 is 5.97 Å². The monoisotopic (exact) mass is 510 g/mol. The summed E-state index contributed by atoms with van der Waals surface area (Å²) in [6.45, 7) is 4.15. The lowest BCUT2D eigenvalue weighted by atomic mass is 9.85. The quantitative estimate of drug-likeness (QED) is 0.186. The van der Waals surface area contributed by atoms with E-state index in [1.807, 2.05) is 109 Å². The van der Waals surface area contributed by atoms with Crippen LogP contribution in [0, 0.1) is 17.0 Å². The highest BCUT2D eigenvalue weighted by atomic mass is 16.6. The molecule has 0 radical (unpaired) electrons. The smallest absolute Gasteiger partial charge is 0.324 e. The van der Waals surface area contributed by atoms with E-state index in [-0.39, 0.29) is 11.5 Å². The van der Waals surface area contributed by atoms with E-state index < -0.39 is 30.0 Å². The van der Waals surface area contributed by atoms with Crippen molar-refractivity contribution in [1.82, 2.24) is 14.7 Å². The van der Waals surface area contributed by atoms with Crippen molar-refractivity contribution < 1.29 is 14.5 Å². The Labute approximate surface area is 221 Å². The minimum absolute atomic E-state index is 0.189. The molecule has 1 aromatic heterocycles. The van der Waals surface area contributed by atoms with Gasteiger partial charge in [0.2, 0.25) is 6.04 Å². The average molecular weight is 511 g/mol. The zero-order valence-corrected chi connectivity index (χ0v) is 21.4. The van der Waals surface area contributed by atoms with Crippen molar-refractivity contribution in [3.8, 4) is 5.69 Å². The van der Waals surface area contributed by atoms with Gasteiger partial charge in [0.1, 0.15) is 12.1 Å². The van der Waals surface area contributed by atoms with Crippen molar-refractivity contribution in [2.45, 2.75) is 44.4 Å². The summed E-state index contributed by atoms with van der Waals surface area (Å²) in [5, 5.41) is 17.6. The first kappa shape index (κ1) is 25.4. The summed E-state index contributed by atoms with van der Waals surface area (Å²) in [5.74, 6) is -1.17. The lowest BCUT2D eigenvalue weighted by Gasteiger charge is -2.29. The third-order valence-corrected chi connectivity index (χ3v) is 7.19. The van der Waals surface area contributed by atoms with Gasteiger partial charge in [0.15, 0.2) is 0 Å². The Bertz CT molecular complexity index is 1390. The third-order valence-electron chi connectivity index (χ3n) is 7.19.